The first kappa shape index (κ1) is 14.7. The molecular weight excluding hydrogens is 256 g/mol. The number of nitrogens with two attached hydrogens (primary N) is 1. The average Bonchev–Trinajstić information content (AvgIpc) is 2.48. The van der Waals surface area contributed by atoms with Gasteiger partial charge in [0.25, 0.3) is 0 Å². The van der Waals surface area contributed by atoms with Crippen molar-refractivity contribution >= 4 is 11.8 Å². The van der Waals surface area contributed by atoms with Crippen LogP contribution in [0.5, 0.6) is 5.75 Å². The number of hydrogen-bond acceptors (Lipinski definition) is 4. The zero-order valence-corrected chi connectivity index (χ0v) is 12.4. The number of nitrogens with one attached hydrogen (secondary N) is 1. The molecule has 1 aromatic carbocycles. The molecule has 1 saturated heterocycles. The normalized spacial score (nSPS) is 21.1. The predicted molar refractivity (Wildman–Crippen MR) is 82.4 cm³/mol. The predicted octanol–water partition coefficient (Wildman–Crippen LogP) is 3.27. The van der Waals surface area contributed by atoms with Crippen LogP contribution in [0.1, 0.15) is 44.2 Å². The molecule has 106 valence electrons. The van der Waals surface area contributed by atoms with Crippen LogP contribution in [0.15, 0.2) is 24.3 Å². The Labute approximate surface area is 120 Å². The molecule has 2 unspecified atom stereocenters. The maximum absolute atomic E-state index is 5.76. The highest BCUT2D eigenvalue weighted by molar-refractivity contribution is 8.00. The number of benzene rings is 1. The number of rotatable bonds is 6. The Morgan fingerprint density at radius 1 is 1.37 bits per heavy atom. The smallest absolute Gasteiger partial charge is 0.119 e. The van der Waals surface area contributed by atoms with Gasteiger partial charge in [0.2, 0.25) is 0 Å². The standard InChI is InChI=1S/C15H24N2OS/c1-2-10-18-13-8-6-12(7-9-13)15(17-16)14-5-3-4-11-19-14/h6-9,14-15,17H,2-5,10-11,16H2,1H3. The van der Waals surface area contributed by atoms with E-state index in [9.17, 15) is 0 Å². The van der Waals surface area contributed by atoms with E-state index in [1.807, 2.05) is 23.9 Å². The first-order valence-corrected chi connectivity index (χ1v) is 8.20. The van der Waals surface area contributed by atoms with Crippen molar-refractivity contribution in [3.05, 3.63) is 29.8 Å². The van der Waals surface area contributed by atoms with Crippen LogP contribution in [0.2, 0.25) is 0 Å². The van der Waals surface area contributed by atoms with Gasteiger partial charge >= 0.3 is 0 Å². The van der Waals surface area contributed by atoms with Gasteiger partial charge in [0.1, 0.15) is 5.75 Å². The number of ether oxygens (including phenoxy) is 1. The van der Waals surface area contributed by atoms with Crippen molar-refractivity contribution in [1.29, 1.82) is 0 Å². The van der Waals surface area contributed by atoms with Gasteiger partial charge in [0, 0.05) is 5.25 Å². The van der Waals surface area contributed by atoms with Gasteiger partial charge in [-0.2, -0.15) is 11.8 Å². The third-order valence-electron chi connectivity index (χ3n) is 3.48. The van der Waals surface area contributed by atoms with Crippen LogP contribution in [-0.4, -0.2) is 17.6 Å². The molecule has 1 aromatic rings. The van der Waals surface area contributed by atoms with Crippen LogP contribution < -0.4 is 16.0 Å². The Morgan fingerprint density at radius 2 is 2.16 bits per heavy atom. The van der Waals surface area contributed by atoms with Crippen LogP contribution >= 0.6 is 11.8 Å². The summed E-state index contributed by atoms with van der Waals surface area (Å²) < 4.78 is 5.61. The van der Waals surface area contributed by atoms with Gasteiger partial charge in [-0.1, -0.05) is 25.5 Å². The molecular formula is C15H24N2OS. The van der Waals surface area contributed by atoms with Gasteiger partial charge < -0.3 is 4.74 Å². The molecule has 1 heterocycles. The lowest BCUT2D eigenvalue weighted by molar-refractivity contribution is 0.317. The molecule has 0 amide bonds. The third kappa shape index (κ3) is 4.13. The van der Waals surface area contributed by atoms with Gasteiger partial charge in [-0.15, -0.1) is 0 Å². The number of hydrogen-bond donors (Lipinski definition) is 2. The van der Waals surface area contributed by atoms with E-state index in [4.69, 9.17) is 10.6 Å². The fourth-order valence-corrected chi connectivity index (χ4v) is 3.87. The molecule has 3 N–H and O–H groups in total. The quantitative estimate of drug-likeness (QED) is 0.620. The monoisotopic (exact) mass is 280 g/mol. The van der Waals surface area contributed by atoms with Crippen LogP contribution in [0.3, 0.4) is 0 Å². The maximum atomic E-state index is 5.76. The van der Waals surface area contributed by atoms with E-state index >= 15 is 0 Å². The molecule has 0 spiro atoms. The summed E-state index contributed by atoms with van der Waals surface area (Å²) in [4.78, 5) is 0. The Balaban J connectivity index is 2.01. The van der Waals surface area contributed by atoms with Crippen molar-refractivity contribution in [3.8, 4) is 5.75 Å². The van der Waals surface area contributed by atoms with E-state index in [2.05, 4.69) is 24.5 Å². The highest BCUT2D eigenvalue weighted by atomic mass is 32.2. The van der Waals surface area contributed by atoms with E-state index in [0.29, 0.717) is 5.25 Å². The molecule has 4 heteroatoms. The second kappa shape index (κ2) is 7.78. The fourth-order valence-electron chi connectivity index (χ4n) is 2.44. The second-order valence-corrected chi connectivity index (χ2v) is 6.31. The summed E-state index contributed by atoms with van der Waals surface area (Å²) >= 11 is 2.04. The lowest BCUT2D eigenvalue weighted by Crippen LogP contribution is -2.36. The first-order valence-electron chi connectivity index (χ1n) is 7.15. The van der Waals surface area contributed by atoms with Gasteiger partial charge in [-0.3, -0.25) is 11.3 Å². The lowest BCUT2D eigenvalue weighted by Gasteiger charge is -2.29. The summed E-state index contributed by atoms with van der Waals surface area (Å²) in [5.41, 5.74) is 4.24. The summed E-state index contributed by atoms with van der Waals surface area (Å²) in [6.07, 6.45) is 4.93. The molecule has 0 saturated carbocycles. The van der Waals surface area contributed by atoms with Crippen molar-refractivity contribution in [2.24, 2.45) is 5.84 Å². The van der Waals surface area contributed by atoms with E-state index in [1.165, 1.54) is 30.6 Å². The lowest BCUT2D eigenvalue weighted by atomic mass is 10.00. The summed E-state index contributed by atoms with van der Waals surface area (Å²) in [7, 11) is 0. The molecule has 0 aromatic heterocycles. The summed E-state index contributed by atoms with van der Waals surface area (Å²) in [5, 5.41) is 0.584. The molecule has 1 aliphatic heterocycles. The van der Waals surface area contributed by atoms with E-state index in [0.717, 1.165) is 18.8 Å². The van der Waals surface area contributed by atoms with Crippen LogP contribution in [0.4, 0.5) is 0 Å². The topological polar surface area (TPSA) is 47.3 Å². The zero-order chi connectivity index (χ0) is 13.5. The second-order valence-electron chi connectivity index (χ2n) is 4.97. The summed E-state index contributed by atoms with van der Waals surface area (Å²) in [6, 6.07) is 8.59. The number of hydrazine groups is 1. The summed E-state index contributed by atoms with van der Waals surface area (Å²) in [6.45, 7) is 2.89. The largest absolute Gasteiger partial charge is 0.494 e. The van der Waals surface area contributed by atoms with Crippen molar-refractivity contribution in [2.75, 3.05) is 12.4 Å². The fraction of sp³-hybridized carbons (Fsp3) is 0.600. The Kier molecular flexibility index (Phi) is 6.01. The summed E-state index contributed by atoms with van der Waals surface area (Å²) in [5.74, 6) is 7.95. The minimum Gasteiger partial charge on any atom is -0.494 e. The highest BCUT2D eigenvalue weighted by Gasteiger charge is 2.24. The molecule has 0 radical (unpaired) electrons. The van der Waals surface area contributed by atoms with Gasteiger partial charge in [-0.25, -0.2) is 0 Å². The molecule has 0 bridgehead atoms. The molecule has 3 nitrogen and oxygen atoms in total. The van der Waals surface area contributed by atoms with Crippen molar-refractivity contribution in [1.82, 2.24) is 5.43 Å². The molecule has 1 fully saturated rings. The van der Waals surface area contributed by atoms with Crippen LogP contribution in [0.25, 0.3) is 0 Å². The maximum Gasteiger partial charge on any atom is 0.119 e. The van der Waals surface area contributed by atoms with Crippen molar-refractivity contribution < 1.29 is 4.74 Å². The Morgan fingerprint density at radius 3 is 2.74 bits per heavy atom. The van der Waals surface area contributed by atoms with E-state index < -0.39 is 0 Å². The van der Waals surface area contributed by atoms with E-state index in [-0.39, 0.29) is 6.04 Å². The van der Waals surface area contributed by atoms with Crippen LogP contribution in [-0.2, 0) is 0 Å². The highest BCUT2D eigenvalue weighted by Crippen LogP contribution is 2.34. The molecule has 0 aliphatic carbocycles. The van der Waals surface area contributed by atoms with Crippen molar-refractivity contribution in [3.63, 3.8) is 0 Å². The number of thioether (sulfide) groups is 1. The molecule has 2 atom stereocenters. The van der Waals surface area contributed by atoms with Gasteiger partial charge in [-0.05, 0) is 42.7 Å². The minimum absolute atomic E-state index is 0.241. The Bertz CT molecular complexity index is 363. The Hall–Kier alpha value is -0.710. The average molecular weight is 280 g/mol. The first-order chi connectivity index (χ1) is 9.35. The minimum atomic E-state index is 0.241. The molecule has 1 aliphatic rings. The SMILES string of the molecule is CCCOc1ccc(C(NN)C2CCCCS2)cc1. The van der Waals surface area contributed by atoms with Gasteiger partial charge in [0.05, 0.1) is 12.6 Å². The van der Waals surface area contributed by atoms with Gasteiger partial charge in [0.15, 0.2) is 0 Å². The molecule has 2 rings (SSSR count). The zero-order valence-electron chi connectivity index (χ0n) is 11.6. The molecule has 19 heavy (non-hydrogen) atoms. The van der Waals surface area contributed by atoms with E-state index in [1.54, 1.807) is 0 Å². The van der Waals surface area contributed by atoms with Crippen molar-refractivity contribution in [2.45, 2.75) is 43.9 Å². The third-order valence-corrected chi connectivity index (χ3v) is 4.94. The van der Waals surface area contributed by atoms with Crippen LogP contribution in [0, 0.1) is 0 Å².